The molecule has 0 aliphatic heterocycles. The minimum atomic E-state index is -3.68. The highest BCUT2D eigenvalue weighted by Gasteiger charge is 2.18. The van der Waals surface area contributed by atoms with Crippen LogP contribution in [0, 0.1) is 20.8 Å². The van der Waals surface area contributed by atoms with Crippen LogP contribution in [0.3, 0.4) is 0 Å². The van der Waals surface area contributed by atoms with Crippen molar-refractivity contribution in [2.45, 2.75) is 25.7 Å². The van der Waals surface area contributed by atoms with Crippen LogP contribution in [0.25, 0.3) is 10.2 Å². The summed E-state index contributed by atoms with van der Waals surface area (Å²) >= 11 is 1.05. The largest absolute Gasteiger partial charge is 0.312 e. The zero-order chi connectivity index (χ0) is 16.8. The molecule has 1 aromatic heterocycles. The van der Waals surface area contributed by atoms with Crippen molar-refractivity contribution in [2.75, 3.05) is 4.72 Å². The van der Waals surface area contributed by atoms with E-state index in [4.69, 9.17) is 0 Å². The lowest BCUT2D eigenvalue weighted by Crippen LogP contribution is -2.14. The molecule has 0 saturated heterocycles. The van der Waals surface area contributed by atoms with Crippen LogP contribution in [-0.2, 0) is 10.0 Å². The van der Waals surface area contributed by atoms with Gasteiger partial charge in [0.15, 0.2) is 0 Å². The Bertz CT molecular complexity index is 1060. The Hall–Kier alpha value is -2.12. The lowest BCUT2D eigenvalue weighted by Gasteiger charge is -2.12. The van der Waals surface area contributed by atoms with Gasteiger partial charge in [-0.2, -0.15) is 0 Å². The summed E-state index contributed by atoms with van der Waals surface area (Å²) in [6, 6.07) is 8.54. The van der Waals surface area contributed by atoms with Gasteiger partial charge in [-0.3, -0.25) is 9.52 Å². The average Bonchev–Trinajstić information content (AvgIpc) is 2.81. The van der Waals surface area contributed by atoms with E-state index >= 15 is 0 Å². The van der Waals surface area contributed by atoms with Crippen LogP contribution < -0.4 is 9.60 Å². The average molecular weight is 348 g/mol. The maximum absolute atomic E-state index is 12.6. The summed E-state index contributed by atoms with van der Waals surface area (Å²) in [6.07, 6.45) is 0. The molecule has 0 spiro atoms. The SMILES string of the molecule is Cc1cc(C)c(S(=O)(=O)Nc2ccc3[nH]c(=O)sc3c2)cc1C. The highest BCUT2D eigenvalue weighted by molar-refractivity contribution is 7.92. The molecule has 0 amide bonds. The highest BCUT2D eigenvalue weighted by Crippen LogP contribution is 2.25. The standard InChI is InChI=1S/C16H16N2O3S2/c1-9-6-11(3)15(7-10(9)2)23(20,21)18-12-4-5-13-14(8-12)22-16(19)17-13/h4-8,18H,1-3H3,(H,17,19). The minimum Gasteiger partial charge on any atom is -0.312 e. The molecule has 23 heavy (non-hydrogen) atoms. The number of aromatic amines is 1. The Balaban J connectivity index is 2.02. The highest BCUT2D eigenvalue weighted by atomic mass is 32.2. The lowest BCUT2D eigenvalue weighted by atomic mass is 10.1. The number of rotatable bonds is 3. The van der Waals surface area contributed by atoms with Gasteiger partial charge in [0.2, 0.25) is 0 Å². The van der Waals surface area contributed by atoms with E-state index in [2.05, 4.69) is 9.71 Å². The number of aromatic nitrogens is 1. The fourth-order valence-electron chi connectivity index (χ4n) is 2.44. The Labute approximate surface area is 138 Å². The molecule has 5 nitrogen and oxygen atoms in total. The Kier molecular flexibility index (Phi) is 3.77. The van der Waals surface area contributed by atoms with Gasteiger partial charge in [0.1, 0.15) is 0 Å². The van der Waals surface area contributed by atoms with Gasteiger partial charge in [0.25, 0.3) is 10.0 Å². The summed E-state index contributed by atoms with van der Waals surface area (Å²) < 4.78 is 28.6. The maximum Gasteiger partial charge on any atom is 0.305 e. The zero-order valence-electron chi connectivity index (χ0n) is 12.9. The topological polar surface area (TPSA) is 79.0 Å². The molecule has 0 aliphatic rings. The monoisotopic (exact) mass is 348 g/mol. The molecular formula is C16H16N2O3S2. The van der Waals surface area contributed by atoms with E-state index in [1.54, 1.807) is 31.2 Å². The molecule has 0 unspecified atom stereocenters. The van der Waals surface area contributed by atoms with E-state index in [1.165, 1.54) is 0 Å². The molecule has 2 aromatic carbocycles. The number of fused-ring (bicyclic) bond motifs is 1. The quantitative estimate of drug-likeness (QED) is 0.762. The summed E-state index contributed by atoms with van der Waals surface area (Å²) in [4.78, 5) is 14.1. The van der Waals surface area contributed by atoms with Crippen molar-refractivity contribution >= 4 is 37.3 Å². The van der Waals surface area contributed by atoms with E-state index < -0.39 is 10.0 Å². The normalized spacial score (nSPS) is 11.8. The van der Waals surface area contributed by atoms with E-state index in [1.807, 2.05) is 19.9 Å². The van der Waals surface area contributed by atoms with Gasteiger partial charge in [0.05, 0.1) is 20.8 Å². The number of aryl methyl sites for hydroxylation is 3. The zero-order valence-corrected chi connectivity index (χ0v) is 14.6. The number of sulfonamides is 1. The molecule has 0 atom stereocenters. The number of benzene rings is 2. The van der Waals surface area contributed by atoms with Crippen molar-refractivity contribution in [1.29, 1.82) is 0 Å². The second kappa shape index (κ2) is 5.50. The van der Waals surface area contributed by atoms with Gasteiger partial charge in [-0.05, 0) is 61.7 Å². The van der Waals surface area contributed by atoms with Gasteiger partial charge in [0, 0.05) is 0 Å². The van der Waals surface area contributed by atoms with E-state index in [0.29, 0.717) is 21.5 Å². The van der Waals surface area contributed by atoms with Crippen LogP contribution in [-0.4, -0.2) is 13.4 Å². The third-order valence-electron chi connectivity index (χ3n) is 3.75. The molecule has 0 fully saturated rings. The molecule has 3 rings (SSSR count). The third kappa shape index (κ3) is 3.02. The predicted molar refractivity (Wildman–Crippen MR) is 93.9 cm³/mol. The number of hydrogen-bond acceptors (Lipinski definition) is 4. The molecule has 7 heteroatoms. The van der Waals surface area contributed by atoms with Crippen molar-refractivity contribution in [3.63, 3.8) is 0 Å². The number of H-pyrrole nitrogens is 1. The minimum absolute atomic E-state index is 0.162. The first kappa shape index (κ1) is 15.8. The number of hydrogen-bond donors (Lipinski definition) is 2. The van der Waals surface area contributed by atoms with Gasteiger partial charge in [-0.15, -0.1) is 0 Å². The molecule has 0 bridgehead atoms. The Morgan fingerprint density at radius 1 is 1.00 bits per heavy atom. The van der Waals surface area contributed by atoms with Crippen molar-refractivity contribution < 1.29 is 8.42 Å². The first-order valence-corrected chi connectivity index (χ1v) is 9.30. The second-order valence-corrected chi connectivity index (χ2v) is 8.20. The summed E-state index contributed by atoms with van der Waals surface area (Å²) in [7, 11) is -3.68. The first-order chi connectivity index (χ1) is 10.8. The van der Waals surface area contributed by atoms with E-state index in [-0.39, 0.29) is 9.77 Å². The van der Waals surface area contributed by atoms with Crippen LogP contribution in [0.15, 0.2) is 40.0 Å². The van der Waals surface area contributed by atoms with Gasteiger partial charge in [-0.1, -0.05) is 17.4 Å². The first-order valence-electron chi connectivity index (χ1n) is 7.00. The molecule has 0 aliphatic carbocycles. The lowest BCUT2D eigenvalue weighted by molar-refractivity contribution is 0.600. The van der Waals surface area contributed by atoms with Crippen LogP contribution >= 0.6 is 11.3 Å². The molecule has 2 N–H and O–H groups in total. The number of nitrogens with one attached hydrogen (secondary N) is 2. The maximum atomic E-state index is 12.6. The summed E-state index contributed by atoms with van der Waals surface area (Å²) in [6.45, 7) is 5.62. The number of thiazole rings is 1. The molecular weight excluding hydrogens is 332 g/mol. The van der Waals surface area contributed by atoms with Crippen LogP contribution in [0.5, 0.6) is 0 Å². The summed E-state index contributed by atoms with van der Waals surface area (Å²) in [5, 5.41) is 0. The second-order valence-electron chi connectivity index (χ2n) is 5.53. The summed E-state index contributed by atoms with van der Waals surface area (Å²) in [5.41, 5.74) is 3.82. The van der Waals surface area contributed by atoms with Crippen molar-refractivity contribution in [3.05, 3.63) is 56.7 Å². The fourth-order valence-corrected chi connectivity index (χ4v) is 4.58. The Morgan fingerprint density at radius 3 is 2.43 bits per heavy atom. The molecule has 3 aromatic rings. The predicted octanol–water partition coefficient (Wildman–Crippen LogP) is 3.32. The van der Waals surface area contributed by atoms with Crippen LogP contribution in [0.2, 0.25) is 0 Å². The molecule has 0 radical (unpaired) electrons. The van der Waals surface area contributed by atoms with Crippen molar-refractivity contribution in [1.82, 2.24) is 4.98 Å². The van der Waals surface area contributed by atoms with Gasteiger partial charge in [-0.25, -0.2) is 8.42 Å². The Morgan fingerprint density at radius 2 is 1.70 bits per heavy atom. The van der Waals surface area contributed by atoms with Gasteiger partial charge < -0.3 is 4.98 Å². The molecule has 0 saturated carbocycles. The third-order valence-corrected chi connectivity index (χ3v) is 6.12. The smallest absolute Gasteiger partial charge is 0.305 e. The van der Waals surface area contributed by atoms with Gasteiger partial charge >= 0.3 is 4.87 Å². The van der Waals surface area contributed by atoms with Crippen molar-refractivity contribution in [2.24, 2.45) is 0 Å². The number of anilines is 1. The fraction of sp³-hybridized carbons (Fsp3) is 0.188. The van der Waals surface area contributed by atoms with E-state index in [9.17, 15) is 13.2 Å². The van der Waals surface area contributed by atoms with Crippen molar-refractivity contribution in [3.8, 4) is 0 Å². The molecule has 120 valence electrons. The van der Waals surface area contributed by atoms with Crippen LogP contribution in [0.4, 0.5) is 5.69 Å². The summed E-state index contributed by atoms with van der Waals surface area (Å²) in [5.74, 6) is 0. The van der Waals surface area contributed by atoms with E-state index in [0.717, 1.165) is 22.5 Å². The molecule has 1 heterocycles. The van der Waals surface area contributed by atoms with Crippen LogP contribution in [0.1, 0.15) is 16.7 Å².